The molecule has 16 heavy (non-hydrogen) atoms. The lowest BCUT2D eigenvalue weighted by Gasteiger charge is -2.29. The largest absolute Gasteiger partial charge is 0.523 e. The fourth-order valence-corrected chi connectivity index (χ4v) is 2.03. The van der Waals surface area contributed by atoms with Crippen molar-refractivity contribution in [3.63, 3.8) is 0 Å². The van der Waals surface area contributed by atoms with E-state index >= 15 is 0 Å². The zero-order valence-electron chi connectivity index (χ0n) is 10.7. The Labute approximate surface area is 98.7 Å². The molecule has 0 spiro atoms. The molecular formula is C11H22O4Si. The van der Waals surface area contributed by atoms with Crippen LogP contribution in [-0.2, 0) is 14.0 Å². The van der Waals surface area contributed by atoms with Crippen LogP contribution in [0, 0.1) is 11.3 Å². The Morgan fingerprint density at radius 3 is 2.06 bits per heavy atom. The summed E-state index contributed by atoms with van der Waals surface area (Å²) in [4.78, 5) is 22.2. The van der Waals surface area contributed by atoms with E-state index < -0.39 is 15.0 Å². The lowest BCUT2D eigenvalue weighted by molar-refractivity contribution is -0.141. The van der Waals surface area contributed by atoms with Crippen molar-refractivity contribution in [2.45, 2.75) is 46.7 Å². The molecule has 0 aromatic heterocycles. The predicted molar refractivity (Wildman–Crippen MR) is 64.8 cm³/mol. The maximum Gasteiger partial charge on any atom is 0.303 e. The molecule has 1 N–H and O–H groups in total. The number of carboxylic acids is 1. The first kappa shape index (κ1) is 15.2. The van der Waals surface area contributed by atoms with E-state index in [9.17, 15) is 9.59 Å². The van der Waals surface area contributed by atoms with Crippen molar-refractivity contribution >= 4 is 21.0 Å². The average Bonchev–Trinajstić information content (AvgIpc) is 1.98. The van der Waals surface area contributed by atoms with E-state index in [1.54, 1.807) is 0 Å². The Morgan fingerprint density at radius 1 is 1.25 bits per heavy atom. The van der Waals surface area contributed by atoms with Crippen LogP contribution in [-0.4, -0.2) is 26.1 Å². The maximum absolute atomic E-state index is 11.5. The zero-order chi connectivity index (χ0) is 12.9. The van der Waals surface area contributed by atoms with Gasteiger partial charge in [-0.2, -0.15) is 0 Å². The summed E-state index contributed by atoms with van der Waals surface area (Å²) >= 11 is 0. The van der Waals surface area contributed by atoms with E-state index in [1.165, 1.54) is 0 Å². The van der Waals surface area contributed by atoms with Crippen LogP contribution in [0.3, 0.4) is 0 Å². The van der Waals surface area contributed by atoms with Gasteiger partial charge in [-0.05, 0) is 24.4 Å². The van der Waals surface area contributed by atoms with Gasteiger partial charge in [-0.3, -0.25) is 9.59 Å². The van der Waals surface area contributed by atoms with Gasteiger partial charge in [-0.15, -0.1) is 0 Å². The number of aliphatic carboxylic acids is 1. The fourth-order valence-electron chi connectivity index (χ4n) is 1.41. The molecule has 0 aromatic carbocycles. The van der Waals surface area contributed by atoms with Gasteiger partial charge in [0.25, 0.3) is 5.97 Å². The molecule has 0 saturated carbocycles. The molecule has 0 radical (unpaired) electrons. The number of carboxylic acid groups (broad SMARTS) is 1. The van der Waals surface area contributed by atoms with E-state index in [0.29, 0.717) is 0 Å². The van der Waals surface area contributed by atoms with Crippen LogP contribution in [0.5, 0.6) is 0 Å². The Balaban J connectivity index is 4.44. The highest BCUT2D eigenvalue weighted by Crippen LogP contribution is 2.31. The molecule has 0 aliphatic heterocycles. The molecule has 5 heteroatoms. The third-order valence-electron chi connectivity index (χ3n) is 2.43. The van der Waals surface area contributed by atoms with E-state index in [2.05, 4.69) is 0 Å². The molecule has 0 saturated heterocycles. The standard InChI is InChI=1S/C11H22O4Si/c1-11(2,3)8(6-9(12)13)7-10(14)15-16(4)5/h8,16H,6-7H2,1-5H3,(H,12,13). The smallest absolute Gasteiger partial charge is 0.303 e. The highest BCUT2D eigenvalue weighted by Gasteiger charge is 2.29. The van der Waals surface area contributed by atoms with Gasteiger partial charge in [0.05, 0.1) is 0 Å². The Kier molecular flexibility index (Phi) is 5.71. The number of carbonyl (C=O) groups excluding carboxylic acids is 1. The van der Waals surface area contributed by atoms with E-state index in [4.69, 9.17) is 9.53 Å². The van der Waals surface area contributed by atoms with Gasteiger partial charge in [0.1, 0.15) is 0 Å². The van der Waals surface area contributed by atoms with Crippen LogP contribution in [0.15, 0.2) is 0 Å². The summed E-state index contributed by atoms with van der Waals surface area (Å²) < 4.78 is 5.16. The van der Waals surface area contributed by atoms with Crippen LogP contribution in [0.4, 0.5) is 0 Å². The summed E-state index contributed by atoms with van der Waals surface area (Å²) in [6, 6.07) is 0. The molecule has 4 nitrogen and oxygen atoms in total. The molecule has 1 unspecified atom stereocenters. The highest BCUT2D eigenvalue weighted by atomic mass is 28.3. The van der Waals surface area contributed by atoms with Gasteiger partial charge in [-0.1, -0.05) is 20.8 Å². The van der Waals surface area contributed by atoms with Crippen LogP contribution >= 0.6 is 0 Å². The minimum absolute atomic E-state index is 0.0122. The number of rotatable bonds is 5. The summed E-state index contributed by atoms with van der Waals surface area (Å²) in [5.41, 5.74) is -0.198. The lowest BCUT2D eigenvalue weighted by atomic mass is 9.77. The molecule has 94 valence electrons. The minimum Gasteiger partial charge on any atom is -0.523 e. The first-order valence-electron chi connectivity index (χ1n) is 5.54. The van der Waals surface area contributed by atoms with Crippen LogP contribution in [0.25, 0.3) is 0 Å². The Bertz CT molecular complexity index is 255. The summed E-state index contributed by atoms with van der Waals surface area (Å²) in [7, 11) is -1.37. The summed E-state index contributed by atoms with van der Waals surface area (Å²) in [6.45, 7) is 9.67. The van der Waals surface area contributed by atoms with Gasteiger partial charge < -0.3 is 9.53 Å². The molecule has 1 atom stereocenters. The van der Waals surface area contributed by atoms with Gasteiger partial charge in [0.15, 0.2) is 0 Å². The molecular weight excluding hydrogens is 224 g/mol. The molecule has 0 amide bonds. The molecule has 0 heterocycles. The Hall–Kier alpha value is -0.843. The third-order valence-corrected chi connectivity index (χ3v) is 3.16. The van der Waals surface area contributed by atoms with Crippen LogP contribution in [0.2, 0.25) is 13.1 Å². The van der Waals surface area contributed by atoms with E-state index in [0.717, 1.165) is 0 Å². The van der Waals surface area contributed by atoms with Crippen molar-refractivity contribution in [1.29, 1.82) is 0 Å². The zero-order valence-corrected chi connectivity index (χ0v) is 11.9. The van der Waals surface area contributed by atoms with Crippen molar-refractivity contribution in [1.82, 2.24) is 0 Å². The van der Waals surface area contributed by atoms with Gasteiger partial charge in [0, 0.05) is 12.8 Å². The highest BCUT2D eigenvalue weighted by molar-refractivity contribution is 6.50. The number of carbonyl (C=O) groups is 2. The average molecular weight is 246 g/mol. The van der Waals surface area contributed by atoms with Crippen molar-refractivity contribution in [2.75, 3.05) is 0 Å². The summed E-state index contributed by atoms with van der Waals surface area (Å²) in [6.07, 6.45) is 0.208. The fraction of sp³-hybridized carbons (Fsp3) is 0.818. The SMILES string of the molecule is C[SiH](C)OC(=O)CC(CC(=O)O)C(C)(C)C. The molecule has 0 aromatic rings. The number of hydrogen-bond acceptors (Lipinski definition) is 3. The predicted octanol–water partition coefficient (Wildman–Crippen LogP) is 2.04. The van der Waals surface area contributed by atoms with Crippen molar-refractivity contribution in [3.8, 4) is 0 Å². The summed E-state index contributed by atoms with van der Waals surface area (Å²) in [5, 5.41) is 8.80. The van der Waals surface area contributed by atoms with Gasteiger partial charge in [0.2, 0.25) is 9.04 Å². The molecule has 0 aliphatic carbocycles. The molecule has 0 bridgehead atoms. The van der Waals surface area contributed by atoms with Gasteiger partial charge in [-0.25, -0.2) is 0 Å². The lowest BCUT2D eigenvalue weighted by Crippen LogP contribution is -2.28. The minimum atomic E-state index is -1.37. The van der Waals surface area contributed by atoms with Crippen LogP contribution < -0.4 is 0 Å². The second-order valence-corrected chi connectivity index (χ2v) is 7.74. The monoisotopic (exact) mass is 246 g/mol. The molecule has 0 aliphatic rings. The third kappa shape index (κ3) is 6.61. The normalized spacial score (nSPS) is 13.6. The van der Waals surface area contributed by atoms with Gasteiger partial charge >= 0.3 is 5.97 Å². The first-order valence-corrected chi connectivity index (χ1v) is 8.32. The molecule has 0 rings (SSSR count). The Morgan fingerprint density at radius 2 is 1.75 bits per heavy atom. The number of hydrogen-bond donors (Lipinski definition) is 1. The topological polar surface area (TPSA) is 63.6 Å². The maximum atomic E-state index is 11.5. The van der Waals surface area contributed by atoms with E-state index in [-0.39, 0.29) is 30.1 Å². The quantitative estimate of drug-likeness (QED) is 0.754. The van der Waals surface area contributed by atoms with Crippen molar-refractivity contribution in [3.05, 3.63) is 0 Å². The second-order valence-electron chi connectivity index (χ2n) is 5.40. The van der Waals surface area contributed by atoms with Crippen molar-refractivity contribution in [2.24, 2.45) is 11.3 Å². The van der Waals surface area contributed by atoms with Crippen LogP contribution in [0.1, 0.15) is 33.6 Å². The second kappa shape index (κ2) is 6.03. The summed E-state index contributed by atoms with van der Waals surface area (Å²) in [5.74, 6) is -1.30. The molecule has 0 fully saturated rings. The van der Waals surface area contributed by atoms with Crippen molar-refractivity contribution < 1.29 is 19.1 Å². The first-order chi connectivity index (χ1) is 7.12. The van der Waals surface area contributed by atoms with E-state index in [1.807, 2.05) is 33.9 Å².